The molecule has 1 saturated heterocycles. The highest BCUT2D eigenvalue weighted by atomic mass is 19.1. The molecule has 29 heavy (non-hydrogen) atoms. The van der Waals surface area contributed by atoms with Gasteiger partial charge in [0, 0.05) is 34.7 Å². The summed E-state index contributed by atoms with van der Waals surface area (Å²) in [5, 5.41) is 4.41. The van der Waals surface area contributed by atoms with Gasteiger partial charge in [0.05, 0.1) is 24.3 Å². The number of hydrogen-bond acceptors (Lipinski definition) is 4. The number of hydrogen-bond donors (Lipinski definition) is 1. The molecule has 2 unspecified atom stereocenters. The molecule has 0 saturated carbocycles. The number of benzene rings is 2. The summed E-state index contributed by atoms with van der Waals surface area (Å²) >= 11 is 0. The number of aromatic nitrogens is 1. The molecule has 0 bridgehead atoms. The van der Waals surface area contributed by atoms with Crippen molar-refractivity contribution >= 4 is 16.6 Å². The molecule has 0 radical (unpaired) electrons. The molecule has 2 aliphatic heterocycles. The van der Waals surface area contributed by atoms with Gasteiger partial charge in [-0.1, -0.05) is 25.1 Å². The number of methoxy groups -OCH3 is 1. The fourth-order valence-corrected chi connectivity index (χ4v) is 5.23. The molecule has 1 fully saturated rings. The fraction of sp³-hybridized carbons (Fsp3) is 0.375. The van der Waals surface area contributed by atoms with Gasteiger partial charge in [0.15, 0.2) is 0 Å². The van der Waals surface area contributed by atoms with E-state index in [1.807, 2.05) is 36.4 Å². The molecular formula is C24H25FN2O2. The topological polar surface area (TPSA) is 43.4 Å². The zero-order valence-electron chi connectivity index (χ0n) is 17.2. The quantitative estimate of drug-likeness (QED) is 0.643. The number of pyridine rings is 1. The van der Waals surface area contributed by atoms with Crippen LogP contribution in [0.15, 0.2) is 42.5 Å². The Morgan fingerprint density at radius 1 is 1.14 bits per heavy atom. The molecule has 5 heteroatoms. The zero-order chi connectivity index (χ0) is 20.4. The highest BCUT2D eigenvalue weighted by Gasteiger charge is 2.53. The molecule has 0 spiro atoms. The van der Waals surface area contributed by atoms with Crippen molar-refractivity contribution in [3.8, 4) is 17.0 Å². The molecule has 3 aromatic rings. The van der Waals surface area contributed by atoms with E-state index in [1.165, 1.54) is 0 Å². The molecule has 4 nitrogen and oxygen atoms in total. The molecule has 150 valence electrons. The molecular weight excluding hydrogens is 367 g/mol. The van der Waals surface area contributed by atoms with Crippen LogP contribution in [0, 0.1) is 5.82 Å². The fourth-order valence-electron chi connectivity index (χ4n) is 5.23. The van der Waals surface area contributed by atoms with E-state index in [1.54, 1.807) is 13.2 Å². The molecule has 2 atom stereocenters. The Morgan fingerprint density at radius 3 is 2.72 bits per heavy atom. The molecule has 2 aromatic carbocycles. The van der Waals surface area contributed by atoms with Crippen LogP contribution in [0.25, 0.3) is 22.0 Å². The van der Waals surface area contributed by atoms with Gasteiger partial charge >= 0.3 is 0 Å². The summed E-state index contributed by atoms with van der Waals surface area (Å²) in [7, 11) is 1.58. The number of para-hydroxylation sites is 1. The Morgan fingerprint density at radius 2 is 1.93 bits per heavy atom. The van der Waals surface area contributed by atoms with Crippen LogP contribution < -0.4 is 10.1 Å². The van der Waals surface area contributed by atoms with E-state index < -0.39 is 0 Å². The van der Waals surface area contributed by atoms with Crippen molar-refractivity contribution in [1.29, 1.82) is 0 Å². The number of fused-ring (bicyclic) bond motifs is 4. The third-order valence-electron chi connectivity index (χ3n) is 6.51. The molecule has 2 aliphatic rings. The highest BCUT2D eigenvalue weighted by molar-refractivity contribution is 5.95. The minimum absolute atomic E-state index is 0.0320. The Bertz CT molecular complexity index is 1130. The van der Waals surface area contributed by atoms with Crippen molar-refractivity contribution in [2.75, 3.05) is 19.0 Å². The van der Waals surface area contributed by atoms with Crippen LogP contribution in [0.2, 0.25) is 0 Å². The van der Waals surface area contributed by atoms with Crippen LogP contribution in [0.5, 0.6) is 5.88 Å². The van der Waals surface area contributed by atoms with Crippen LogP contribution in [0.3, 0.4) is 0 Å². The first-order chi connectivity index (χ1) is 13.8. The number of halogens is 1. The van der Waals surface area contributed by atoms with Gasteiger partial charge in [-0.2, -0.15) is 0 Å². The molecule has 1 N–H and O–H groups in total. The summed E-state index contributed by atoms with van der Waals surface area (Å²) in [4.78, 5) is 4.51. The first-order valence-corrected chi connectivity index (χ1v) is 10.0. The number of ether oxygens (including phenoxy) is 2. The van der Waals surface area contributed by atoms with Gasteiger partial charge in [-0.3, -0.25) is 0 Å². The number of nitrogens with one attached hydrogen (secondary N) is 1. The summed E-state index contributed by atoms with van der Waals surface area (Å²) in [5.41, 5.74) is 3.66. The van der Waals surface area contributed by atoms with E-state index >= 15 is 4.39 Å². The average Bonchev–Trinajstić information content (AvgIpc) is 3.10. The van der Waals surface area contributed by atoms with Crippen LogP contribution in [-0.4, -0.2) is 30.3 Å². The second kappa shape index (κ2) is 6.17. The first-order valence-electron chi connectivity index (χ1n) is 10.0. The number of rotatable bonds is 2. The Labute approximate surface area is 170 Å². The summed E-state index contributed by atoms with van der Waals surface area (Å²) < 4.78 is 26.9. The van der Waals surface area contributed by atoms with E-state index in [9.17, 15) is 0 Å². The van der Waals surface area contributed by atoms with Gasteiger partial charge in [-0.25, -0.2) is 9.37 Å². The molecule has 5 rings (SSSR count). The summed E-state index contributed by atoms with van der Waals surface area (Å²) in [6, 6.07) is 13.2. The minimum atomic E-state index is -0.265. The molecule has 3 heterocycles. The standard InChI is InChI=1S/C24H25FN2O2/c1-23(2)22-24(3,9-10-29-22)17-11-16(18(25)13-20(17)27-23)15-12-21(28-4)26-19-8-6-5-7-14(15)19/h5-8,11-13,22,27H,9-10H2,1-4H3. The van der Waals surface area contributed by atoms with Crippen molar-refractivity contribution < 1.29 is 13.9 Å². The molecule has 0 aliphatic carbocycles. The summed E-state index contributed by atoms with van der Waals surface area (Å²) in [6.07, 6.45) is 0.950. The SMILES string of the molecule is COc1cc(-c2cc3c(cc2F)NC(C)(C)C2OCCC32C)c2ccccc2n1. The van der Waals surface area contributed by atoms with Gasteiger partial charge in [-0.15, -0.1) is 0 Å². The highest BCUT2D eigenvalue weighted by Crippen LogP contribution is 2.51. The lowest BCUT2D eigenvalue weighted by atomic mass is 9.66. The number of anilines is 1. The van der Waals surface area contributed by atoms with E-state index in [4.69, 9.17) is 9.47 Å². The summed E-state index contributed by atoms with van der Waals surface area (Å²) in [6.45, 7) is 7.19. The van der Waals surface area contributed by atoms with Crippen molar-refractivity contribution in [3.63, 3.8) is 0 Å². The van der Waals surface area contributed by atoms with Crippen LogP contribution in [0.4, 0.5) is 10.1 Å². The van der Waals surface area contributed by atoms with Gasteiger partial charge in [0.2, 0.25) is 5.88 Å². The molecule has 0 amide bonds. The van der Waals surface area contributed by atoms with Gasteiger partial charge in [0.1, 0.15) is 5.82 Å². The maximum absolute atomic E-state index is 15.4. The minimum Gasteiger partial charge on any atom is -0.481 e. The third-order valence-corrected chi connectivity index (χ3v) is 6.51. The summed E-state index contributed by atoms with van der Waals surface area (Å²) in [5.74, 6) is 0.217. The lowest BCUT2D eigenvalue weighted by Crippen LogP contribution is -2.56. The maximum Gasteiger partial charge on any atom is 0.214 e. The van der Waals surface area contributed by atoms with E-state index in [-0.39, 0.29) is 22.9 Å². The maximum atomic E-state index is 15.4. The van der Waals surface area contributed by atoms with Gasteiger partial charge in [0.25, 0.3) is 0 Å². The van der Waals surface area contributed by atoms with Crippen molar-refractivity contribution in [2.24, 2.45) is 0 Å². The largest absolute Gasteiger partial charge is 0.481 e. The monoisotopic (exact) mass is 392 g/mol. The van der Waals surface area contributed by atoms with Crippen molar-refractivity contribution in [2.45, 2.75) is 44.2 Å². The van der Waals surface area contributed by atoms with E-state index in [2.05, 4.69) is 31.1 Å². The molecule has 1 aromatic heterocycles. The average molecular weight is 392 g/mol. The third kappa shape index (κ3) is 2.64. The van der Waals surface area contributed by atoms with Crippen LogP contribution >= 0.6 is 0 Å². The normalized spacial score (nSPS) is 24.7. The van der Waals surface area contributed by atoms with Crippen LogP contribution in [-0.2, 0) is 10.2 Å². The lowest BCUT2D eigenvalue weighted by molar-refractivity contribution is 0.0352. The first kappa shape index (κ1) is 18.4. The Balaban J connectivity index is 1.77. The van der Waals surface area contributed by atoms with E-state index in [0.717, 1.165) is 34.1 Å². The smallest absolute Gasteiger partial charge is 0.214 e. The second-order valence-electron chi connectivity index (χ2n) is 8.87. The van der Waals surface area contributed by atoms with Crippen molar-refractivity contribution in [1.82, 2.24) is 4.98 Å². The second-order valence-corrected chi connectivity index (χ2v) is 8.87. The number of nitrogens with zero attached hydrogens (tertiary/aromatic N) is 1. The lowest BCUT2D eigenvalue weighted by Gasteiger charge is -2.48. The van der Waals surface area contributed by atoms with E-state index in [0.29, 0.717) is 18.1 Å². The van der Waals surface area contributed by atoms with Crippen molar-refractivity contribution in [3.05, 3.63) is 53.8 Å². The van der Waals surface area contributed by atoms with Gasteiger partial charge < -0.3 is 14.8 Å². The Kier molecular flexibility index (Phi) is 3.91. The van der Waals surface area contributed by atoms with Crippen LogP contribution in [0.1, 0.15) is 32.8 Å². The zero-order valence-corrected chi connectivity index (χ0v) is 17.2. The van der Waals surface area contributed by atoms with Gasteiger partial charge in [-0.05, 0) is 49.6 Å². The predicted molar refractivity (Wildman–Crippen MR) is 113 cm³/mol. The Hall–Kier alpha value is -2.66. The predicted octanol–water partition coefficient (Wildman–Crippen LogP) is 5.30.